The average molecular weight is 181 g/mol. The molecule has 0 aliphatic heterocycles. The first-order chi connectivity index (χ1) is 4.89. The van der Waals surface area contributed by atoms with Crippen LogP contribution in [0.1, 0.15) is 26.7 Å². The molecular weight excluding hydrogens is 166 g/mol. The molecule has 68 valence electrons. The number of hydrogen-bond donors (Lipinski definition) is 2. The number of hydrogen-bond acceptors (Lipinski definition) is 3. The van der Waals surface area contributed by atoms with Gasteiger partial charge in [-0.25, -0.2) is 13.6 Å². The van der Waals surface area contributed by atoms with Gasteiger partial charge in [-0.2, -0.15) is 0 Å². The van der Waals surface area contributed by atoms with Crippen molar-refractivity contribution in [2.45, 2.75) is 38.0 Å². The Morgan fingerprint density at radius 3 is 2.27 bits per heavy atom. The highest BCUT2D eigenvalue weighted by Crippen LogP contribution is 2.07. The number of nitrogens with two attached hydrogens (primary N) is 1. The van der Waals surface area contributed by atoms with Gasteiger partial charge < -0.3 is 5.11 Å². The summed E-state index contributed by atoms with van der Waals surface area (Å²) in [6.07, 6.45) is 0.383. The Labute approximate surface area is 67.5 Å². The van der Waals surface area contributed by atoms with Gasteiger partial charge in [0.2, 0.25) is 10.0 Å². The number of aliphatic hydroxyl groups is 1. The van der Waals surface area contributed by atoms with E-state index in [4.69, 9.17) is 5.14 Å². The van der Waals surface area contributed by atoms with E-state index >= 15 is 0 Å². The third kappa shape index (κ3) is 3.69. The van der Waals surface area contributed by atoms with Crippen molar-refractivity contribution in [3.05, 3.63) is 0 Å². The van der Waals surface area contributed by atoms with Crippen LogP contribution in [0.4, 0.5) is 0 Å². The highest BCUT2D eigenvalue weighted by molar-refractivity contribution is 7.89. The SMILES string of the molecule is CCCC(O)C(C)S(N)(=O)=O. The summed E-state index contributed by atoms with van der Waals surface area (Å²) >= 11 is 0. The van der Waals surface area contributed by atoms with Crippen LogP contribution >= 0.6 is 0 Å². The van der Waals surface area contributed by atoms with Gasteiger partial charge in [0.15, 0.2) is 0 Å². The third-order valence-electron chi connectivity index (χ3n) is 1.64. The number of rotatable bonds is 4. The molecule has 0 aliphatic carbocycles. The van der Waals surface area contributed by atoms with Crippen LogP contribution < -0.4 is 5.14 Å². The topological polar surface area (TPSA) is 80.4 Å². The van der Waals surface area contributed by atoms with Crippen LogP contribution in [0.5, 0.6) is 0 Å². The zero-order valence-electron chi connectivity index (χ0n) is 6.82. The lowest BCUT2D eigenvalue weighted by Crippen LogP contribution is -2.36. The molecule has 5 heteroatoms. The summed E-state index contributed by atoms with van der Waals surface area (Å²) in [6, 6.07) is 0. The highest BCUT2D eigenvalue weighted by Gasteiger charge is 2.23. The normalized spacial score (nSPS) is 17.8. The summed E-state index contributed by atoms with van der Waals surface area (Å²) in [5.41, 5.74) is 0. The molecule has 0 heterocycles. The molecule has 0 aromatic heterocycles. The fourth-order valence-corrected chi connectivity index (χ4v) is 1.32. The van der Waals surface area contributed by atoms with Gasteiger partial charge >= 0.3 is 0 Å². The van der Waals surface area contributed by atoms with Gasteiger partial charge in [-0.1, -0.05) is 13.3 Å². The quantitative estimate of drug-likeness (QED) is 0.631. The Bertz CT molecular complexity index is 200. The maximum absolute atomic E-state index is 10.7. The molecule has 2 atom stereocenters. The van der Waals surface area contributed by atoms with Gasteiger partial charge in [-0.3, -0.25) is 0 Å². The monoisotopic (exact) mass is 181 g/mol. The lowest BCUT2D eigenvalue weighted by molar-refractivity contribution is 0.161. The molecule has 2 unspecified atom stereocenters. The maximum Gasteiger partial charge on any atom is 0.214 e. The van der Waals surface area contributed by atoms with E-state index in [1.807, 2.05) is 6.92 Å². The summed E-state index contributed by atoms with van der Waals surface area (Å²) in [6.45, 7) is 3.29. The minimum absolute atomic E-state index is 0.470. The van der Waals surface area contributed by atoms with Crippen LogP contribution in [-0.4, -0.2) is 24.9 Å². The Morgan fingerprint density at radius 2 is 2.00 bits per heavy atom. The van der Waals surface area contributed by atoms with Crippen molar-refractivity contribution in [3.8, 4) is 0 Å². The molecule has 0 rings (SSSR count). The van der Waals surface area contributed by atoms with Crippen molar-refractivity contribution in [2.24, 2.45) is 5.14 Å². The molecule has 0 bridgehead atoms. The van der Waals surface area contributed by atoms with Crippen molar-refractivity contribution in [1.29, 1.82) is 0 Å². The fraction of sp³-hybridized carbons (Fsp3) is 1.00. The Morgan fingerprint density at radius 1 is 1.55 bits per heavy atom. The Balaban J connectivity index is 4.14. The van der Waals surface area contributed by atoms with E-state index < -0.39 is 21.4 Å². The summed E-state index contributed by atoms with van der Waals surface area (Å²) in [5.74, 6) is 0. The predicted octanol–water partition coefficient (Wildman–Crippen LogP) is -0.176. The van der Waals surface area contributed by atoms with E-state index in [1.165, 1.54) is 6.92 Å². The molecule has 0 aliphatic rings. The van der Waals surface area contributed by atoms with Gasteiger partial charge in [0.25, 0.3) is 0 Å². The lowest BCUT2D eigenvalue weighted by Gasteiger charge is -2.15. The molecule has 0 amide bonds. The summed E-state index contributed by atoms with van der Waals surface area (Å²) in [4.78, 5) is 0. The average Bonchev–Trinajstić information content (AvgIpc) is 1.85. The molecule has 0 spiro atoms. The first-order valence-electron chi connectivity index (χ1n) is 3.59. The minimum atomic E-state index is -3.57. The van der Waals surface area contributed by atoms with Crippen molar-refractivity contribution in [3.63, 3.8) is 0 Å². The van der Waals surface area contributed by atoms with Crippen molar-refractivity contribution >= 4 is 10.0 Å². The van der Waals surface area contributed by atoms with Crippen LogP contribution in [0.2, 0.25) is 0 Å². The van der Waals surface area contributed by atoms with Gasteiger partial charge in [-0.05, 0) is 13.3 Å². The summed E-state index contributed by atoms with van der Waals surface area (Å²) < 4.78 is 21.3. The highest BCUT2D eigenvalue weighted by atomic mass is 32.2. The predicted molar refractivity (Wildman–Crippen MR) is 43.5 cm³/mol. The molecule has 3 N–H and O–H groups in total. The summed E-state index contributed by atoms with van der Waals surface area (Å²) in [5, 5.41) is 13.2. The zero-order chi connectivity index (χ0) is 9.07. The van der Waals surface area contributed by atoms with E-state index in [2.05, 4.69) is 0 Å². The molecule has 0 aromatic carbocycles. The van der Waals surface area contributed by atoms with Crippen molar-refractivity contribution < 1.29 is 13.5 Å². The second-order valence-corrected chi connectivity index (χ2v) is 4.57. The Kier molecular flexibility index (Phi) is 3.99. The second kappa shape index (κ2) is 4.04. The molecular formula is C6H15NO3S. The first kappa shape index (κ1) is 10.9. The molecule has 0 fully saturated rings. The van der Waals surface area contributed by atoms with Gasteiger partial charge in [0.05, 0.1) is 11.4 Å². The maximum atomic E-state index is 10.7. The minimum Gasteiger partial charge on any atom is -0.392 e. The number of primary sulfonamides is 1. The van der Waals surface area contributed by atoms with Crippen LogP contribution in [0.3, 0.4) is 0 Å². The molecule has 0 aromatic rings. The van der Waals surface area contributed by atoms with Crippen LogP contribution in [0, 0.1) is 0 Å². The van der Waals surface area contributed by atoms with Crippen LogP contribution in [0.25, 0.3) is 0 Å². The van der Waals surface area contributed by atoms with E-state index in [-0.39, 0.29) is 0 Å². The van der Waals surface area contributed by atoms with Gasteiger partial charge in [-0.15, -0.1) is 0 Å². The number of sulfonamides is 1. The number of aliphatic hydroxyl groups excluding tert-OH is 1. The van der Waals surface area contributed by atoms with E-state index in [0.29, 0.717) is 6.42 Å². The van der Waals surface area contributed by atoms with Crippen molar-refractivity contribution in [1.82, 2.24) is 0 Å². The standard InChI is InChI=1S/C6H15NO3S/c1-3-4-6(8)5(2)11(7,9)10/h5-6,8H,3-4H2,1-2H3,(H2,7,9,10). The van der Waals surface area contributed by atoms with E-state index in [9.17, 15) is 13.5 Å². The molecule has 4 nitrogen and oxygen atoms in total. The van der Waals surface area contributed by atoms with Crippen LogP contribution in [0.15, 0.2) is 0 Å². The van der Waals surface area contributed by atoms with E-state index in [0.717, 1.165) is 6.42 Å². The molecule has 0 saturated carbocycles. The third-order valence-corrected chi connectivity index (χ3v) is 3.00. The smallest absolute Gasteiger partial charge is 0.214 e. The van der Waals surface area contributed by atoms with E-state index in [1.54, 1.807) is 0 Å². The van der Waals surface area contributed by atoms with Crippen LogP contribution in [-0.2, 0) is 10.0 Å². The first-order valence-corrected chi connectivity index (χ1v) is 5.20. The summed E-state index contributed by atoms with van der Waals surface area (Å²) in [7, 11) is -3.57. The molecule has 0 saturated heterocycles. The zero-order valence-corrected chi connectivity index (χ0v) is 7.63. The molecule has 11 heavy (non-hydrogen) atoms. The van der Waals surface area contributed by atoms with Gasteiger partial charge in [0.1, 0.15) is 0 Å². The largest absolute Gasteiger partial charge is 0.392 e. The second-order valence-electron chi connectivity index (χ2n) is 2.65. The fourth-order valence-electron chi connectivity index (χ4n) is 0.749. The Hall–Kier alpha value is -0.130. The van der Waals surface area contributed by atoms with Crippen molar-refractivity contribution in [2.75, 3.05) is 0 Å². The molecule has 0 radical (unpaired) electrons. The lowest BCUT2D eigenvalue weighted by atomic mass is 10.2. The van der Waals surface area contributed by atoms with Gasteiger partial charge in [0, 0.05) is 0 Å².